The Morgan fingerprint density at radius 2 is 1.60 bits per heavy atom. The lowest BCUT2D eigenvalue weighted by molar-refractivity contribution is -0.137. The number of alkyl halides is 3. The highest BCUT2D eigenvalue weighted by Gasteiger charge is 2.41. The second-order valence-electron chi connectivity index (χ2n) is 10.4. The molecule has 0 spiro atoms. The van der Waals surface area contributed by atoms with Gasteiger partial charge in [-0.25, -0.2) is 4.39 Å². The van der Waals surface area contributed by atoms with E-state index in [2.05, 4.69) is 20.9 Å². The van der Waals surface area contributed by atoms with Crippen LogP contribution in [0.25, 0.3) is 0 Å². The highest BCUT2D eigenvalue weighted by molar-refractivity contribution is 6.01. The van der Waals surface area contributed by atoms with Crippen molar-refractivity contribution in [1.29, 1.82) is 0 Å². The summed E-state index contributed by atoms with van der Waals surface area (Å²) < 4.78 is 52.5. The summed E-state index contributed by atoms with van der Waals surface area (Å²) in [5.74, 6) is -1.07. The maximum absolute atomic E-state index is 13.3. The van der Waals surface area contributed by atoms with Gasteiger partial charge in [0.1, 0.15) is 5.82 Å². The SMILES string of the molecule is O=C(CNC(=O)c1ccccc1Nc1cccc(C(F)(F)F)c1)NC1CC2CCC(C1)N2Cc1ccc(F)cc1. The molecule has 3 aromatic carbocycles. The Hall–Kier alpha value is -3.92. The van der Waals surface area contributed by atoms with Crippen molar-refractivity contribution in [1.82, 2.24) is 15.5 Å². The average Bonchev–Trinajstić information content (AvgIpc) is 3.15. The summed E-state index contributed by atoms with van der Waals surface area (Å²) in [7, 11) is 0. The van der Waals surface area contributed by atoms with E-state index in [0.29, 0.717) is 17.8 Å². The van der Waals surface area contributed by atoms with Crippen LogP contribution in [0, 0.1) is 5.82 Å². The number of fused-ring (bicyclic) bond motifs is 2. The molecule has 2 aliphatic rings. The van der Waals surface area contributed by atoms with Crippen LogP contribution in [0.2, 0.25) is 0 Å². The van der Waals surface area contributed by atoms with Gasteiger partial charge in [0.2, 0.25) is 5.91 Å². The molecule has 40 heavy (non-hydrogen) atoms. The van der Waals surface area contributed by atoms with Crippen molar-refractivity contribution in [3.8, 4) is 0 Å². The number of para-hydroxylation sites is 1. The molecule has 0 aromatic heterocycles. The fourth-order valence-corrected chi connectivity index (χ4v) is 5.70. The summed E-state index contributed by atoms with van der Waals surface area (Å²) in [4.78, 5) is 28.0. The molecule has 2 unspecified atom stereocenters. The van der Waals surface area contributed by atoms with Crippen LogP contribution in [0.1, 0.15) is 47.2 Å². The zero-order valence-corrected chi connectivity index (χ0v) is 21.7. The van der Waals surface area contributed by atoms with E-state index >= 15 is 0 Å². The van der Waals surface area contributed by atoms with Crippen LogP contribution >= 0.6 is 0 Å². The first kappa shape index (κ1) is 27.6. The van der Waals surface area contributed by atoms with Gasteiger partial charge in [-0.15, -0.1) is 0 Å². The van der Waals surface area contributed by atoms with Crippen molar-refractivity contribution >= 4 is 23.2 Å². The number of anilines is 2. The van der Waals surface area contributed by atoms with E-state index in [1.807, 2.05) is 0 Å². The van der Waals surface area contributed by atoms with Gasteiger partial charge in [-0.1, -0.05) is 30.3 Å². The summed E-state index contributed by atoms with van der Waals surface area (Å²) >= 11 is 0. The summed E-state index contributed by atoms with van der Waals surface area (Å²) in [5.41, 5.74) is 0.982. The fourth-order valence-electron chi connectivity index (χ4n) is 5.70. The number of benzene rings is 3. The van der Waals surface area contributed by atoms with E-state index in [9.17, 15) is 27.2 Å². The molecule has 3 aromatic rings. The maximum Gasteiger partial charge on any atom is 0.416 e. The van der Waals surface area contributed by atoms with Gasteiger partial charge in [0.15, 0.2) is 0 Å². The molecular formula is C30H30F4N4O2. The van der Waals surface area contributed by atoms with Gasteiger partial charge in [0.25, 0.3) is 5.91 Å². The Kier molecular flexibility index (Phi) is 8.07. The molecule has 2 heterocycles. The van der Waals surface area contributed by atoms with Gasteiger partial charge in [0.05, 0.1) is 23.4 Å². The lowest BCUT2D eigenvalue weighted by Crippen LogP contribution is -2.51. The number of carbonyl (C=O) groups is 2. The fraction of sp³-hybridized carbons (Fsp3) is 0.333. The highest BCUT2D eigenvalue weighted by atomic mass is 19.4. The smallest absolute Gasteiger partial charge is 0.355 e. The van der Waals surface area contributed by atoms with E-state index in [4.69, 9.17) is 0 Å². The summed E-state index contributed by atoms with van der Waals surface area (Å²) in [6, 6.07) is 18.4. The van der Waals surface area contributed by atoms with Gasteiger partial charge < -0.3 is 16.0 Å². The number of nitrogens with zero attached hydrogens (tertiary/aromatic N) is 1. The van der Waals surface area contributed by atoms with Crippen molar-refractivity contribution in [3.05, 3.63) is 95.3 Å². The minimum absolute atomic E-state index is 0.00114. The Balaban J connectivity index is 1.14. The molecule has 210 valence electrons. The van der Waals surface area contributed by atoms with Crippen LogP contribution in [0.15, 0.2) is 72.8 Å². The normalized spacial score (nSPS) is 20.6. The summed E-state index contributed by atoms with van der Waals surface area (Å²) in [5, 5.41) is 8.54. The molecule has 2 atom stereocenters. The minimum Gasteiger partial charge on any atom is -0.355 e. The Morgan fingerprint density at radius 3 is 2.30 bits per heavy atom. The van der Waals surface area contributed by atoms with Gasteiger partial charge in [0, 0.05) is 30.4 Å². The van der Waals surface area contributed by atoms with E-state index in [-0.39, 0.29) is 35.6 Å². The molecule has 0 aliphatic carbocycles. The van der Waals surface area contributed by atoms with Crippen molar-refractivity contribution in [2.24, 2.45) is 0 Å². The molecule has 0 radical (unpaired) electrons. The Bertz CT molecular complexity index is 1350. The first-order valence-electron chi connectivity index (χ1n) is 13.3. The van der Waals surface area contributed by atoms with E-state index in [0.717, 1.165) is 49.9 Å². The van der Waals surface area contributed by atoms with E-state index in [1.54, 1.807) is 30.3 Å². The lowest BCUT2D eigenvalue weighted by Gasteiger charge is -2.39. The predicted octanol–water partition coefficient (Wildman–Crippen LogP) is 5.63. The van der Waals surface area contributed by atoms with Crippen LogP contribution in [0.4, 0.5) is 28.9 Å². The van der Waals surface area contributed by atoms with Gasteiger partial charge in [-0.3, -0.25) is 14.5 Å². The zero-order valence-electron chi connectivity index (χ0n) is 21.7. The number of amides is 2. The molecule has 2 fully saturated rings. The average molecular weight is 555 g/mol. The third-order valence-corrected chi connectivity index (χ3v) is 7.58. The molecule has 0 saturated carbocycles. The minimum atomic E-state index is -4.49. The molecule has 2 saturated heterocycles. The first-order chi connectivity index (χ1) is 19.2. The molecule has 2 aliphatic heterocycles. The Labute approximate surface area is 229 Å². The lowest BCUT2D eigenvalue weighted by atomic mass is 9.96. The van der Waals surface area contributed by atoms with Crippen molar-refractivity contribution in [3.63, 3.8) is 0 Å². The van der Waals surface area contributed by atoms with Crippen LogP contribution in [-0.4, -0.2) is 41.4 Å². The number of piperidine rings is 1. The number of rotatable bonds is 8. The number of halogens is 4. The molecule has 5 rings (SSSR count). The quantitative estimate of drug-likeness (QED) is 0.316. The molecule has 6 nitrogen and oxygen atoms in total. The maximum atomic E-state index is 13.3. The third kappa shape index (κ3) is 6.62. The highest BCUT2D eigenvalue weighted by Crippen LogP contribution is 2.37. The number of hydrogen-bond acceptors (Lipinski definition) is 4. The third-order valence-electron chi connectivity index (χ3n) is 7.58. The van der Waals surface area contributed by atoms with Crippen LogP contribution < -0.4 is 16.0 Å². The van der Waals surface area contributed by atoms with Crippen molar-refractivity contribution < 1.29 is 27.2 Å². The molecule has 2 bridgehead atoms. The van der Waals surface area contributed by atoms with Crippen LogP contribution in [-0.2, 0) is 17.5 Å². The first-order valence-corrected chi connectivity index (χ1v) is 13.3. The summed E-state index contributed by atoms with van der Waals surface area (Å²) in [6.45, 7) is 0.530. The Morgan fingerprint density at radius 1 is 0.900 bits per heavy atom. The van der Waals surface area contributed by atoms with Crippen molar-refractivity contribution in [2.75, 3.05) is 11.9 Å². The number of carbonyl (C=O) groups excluding carboxylic acids is 2. The number of nitrogens with one attached hydrogen (secondary N) is 3. The van der Waals surface area contributed by atoms with Crippen LogP contribution in [0.3, 0.4) is 0 Å². The molecular weight excluding hydrogens is 524 g/mol. The zero-order chi connectivity index (χ0) is 28.3. The largest absolute Gasteiger partial charge is 0.416 e. The molecule has 3 N–H and O–H groups in total. The molecule has 2 amide bonds. The molecule has 10 heteroatoms. The van der Waals surface area contributed by atoms with E-state index < -0.39 is 17.6 Å². The van der Waals surface area contributed by atoms with Gasteiger partial charge in [-0.05, 0) is 73.7 Å². The second kappa shape index (κ2) is 11.7. The summed E-state index contributed by atoms with van der Waals surface area (Å²) in [6.07, 6.45) is -0.780. The van der Waals surface area contributed by atoms with Crippen LogP contribution in [0.5, 0.6) is 0 Å². The standard InChI is InChI=1S/C30H30F4N4O2/c31-21-10-8-19(9-11-21)18-38-24-12-13-25(38)16-23(15-24)37-28(39)17-35-29(40)26-6-1-2-7-27(26)36-22-5-3-4-20(14-22)30(32,33)34/h1-11,14,23-25,36H,12-13,15-18H2,(H,35,40)(H,37,39). The second-order valence-corrected chi connectivity index (χ2v) is 10.4. The number of hydrogen-bond donors (Lipinski definition) is 3. The monoisotopic (exact) mass is 554 g/mol. The van der Waals surface area contributed by atoms with Gasteiger partial charge >= 0.3 is 6.18 Å². The van der Waals surface area contributed by atoms with E-state index in [1.165, 1.54) is 30.3 Å². The van der Waals surface area contributed by atoms with Crippen molar-refractivity contribution in [2.45, 2.75) is 56.5 Å². The predicted molar refractivity (Wildman–Crippen MR) is 143 cm³/mol. The van der Waals surface area contributed by atoms with Gasteiger partial charge in [-0.2, -0.15) is 13.2 Å². The topological polar surface area (TPSA) is 73.5 Å².